The van der Waals surface area contributed by atoms with E-state index in [1.54, 1.807) is 0 Å². The molecule has 9 fully saturated rings. The van der Waals surface area contributed by atoms with Crippen LogP contribution in [0, 0.1) is 0 Å². The fraction of sp³-hybridized carbons (Fsp3) is 0.935. The molecule has 45 atom stereocenters. The van der Waals surface area contributed by atoms with Gasteiger partial charge < -0.3 is 229 Å². The number of carbonyl (C=O) groups is 4. The lowest BCUT2D eigenvalue weighted by Gasteiger charge is -2.51. The van der Waals surface area contributed by atoms with Gasteiger partial charge in [-0.2, -0.15) is 0 Å². The van der Waals surface area contributed by atoms with Gasteiger partial charge in [-0.15, -0.1) is 0 Å². The molecule has 112 heavy (non-hydrogen) atoms. The van der Waals surface area contributed by atoms with E-state index in [0.29, 0.717) is 0 Å². The molecule has 648 valence electrons. The van der Waals surface area contributed by atoms with Crippen LogP contribution in [0.4, 0.5) is 0 Å². The SMILES string of the molecule is CC(=O)N[C@@H]1[C@@H](O)[C@H](O[C@@H]2O[C@H](CO)[C@@H](O[C@@H]3O[C@H](CO[C@H]4O[C@H](CO)[C@@H](O)[C@H](O)[C@@H]4O[C@@H]4O[C@H](CO)[C@@H](O)[C@H](O[C@@H]5O[C@H](CO)[C@H](O)[C@H](O)[C@H]5O)[C@H]4NC(C)=O)[C@@H](O)[C@H](O[C@H]4O[C@H](CO)[C@@H](O)[C@H](O)[C@@H]4O[C@@H]4O[C@H](CO)[C@@H](O)[C@H](O[C@@H]5O[C@H](CO)[C@H](O)[C@H](O)[C@H]5O)[C@H]4NC(C)=O)[C@@H]3O)[C@H](O)[C@H]2NC(C)=O)[C@@H](CO)O[C@H]1O. The lowest BCUT2D eigenvalue weighted by Crippen LogP contribution is -2.71. The third-order valence-electron chi connectivity index (χ3n) is 20.4. The Morgan fingerprint density at radius 3 is 0.920 bits per heavy atom. The van der Waals surface area contributed by atoms with Gasteiger partial charge in [0.05, 0.1) is 59.5 Å². The second kappa shape index (κ2) is 40.3. The molecule has 50 heteroatoms. The Balaban J connectivity index is 1.08. The quantitative estimate of drug-likeness (QED) is 0.0331. The molecule has 29 N–H and O–H groups in total. The Labute approximate surface area is 634 Å². The summed E-state index contributed by atoms with van der Waals surface area (Å²) in [5.41, 5.74) is 0. The van der Waals surface area contributed by atoms with Crippen LogP contribution >= 0.6 is 0 Å². The van der Waals surface area contributed by atoms with Crippen molar-refractivity contribution >= 4 is 23.6 Å². The van der Waals surface area contributed by atoms with Crippen molar-refractivity contribution in [1.82, 2.24) is 21.3 Å². The van der Waals surface area contributed by atoms with E-state index in [9.17, 15) is 147 Å². The zero-order valence-electron chi connectivity index (χ0n) is 60.1. The van der Waals surface area contributed by atoms with Crippen LogP contribution < -0.4 is 21.3 Å². The fourth-order valence-electron chi connectivity index (χ4n) is 14.4. The third-order valence-corrected chi connectivity index (χ3v) is 20.4. The average molecular weight is 1640 g/mol. The smallest absolute Gasteiger partial charge is 0.217 e. The summed E-state index contributed by atoms with van der Waals surface area (Å²) in [4.78, 5) is 51.2. The molecule has 0 bridgehead atoms. The maximum Gasteiger partial charge on any atom is 0.217 e. The van der Waals surface area contributed by atoms with Crippen molar-refractivity contribution in [3.8, 4) is 0 Å². The fourth-order valence-corrected chi connectivity index (χ4v) is 14.4. The van der Waals surface area contributed by atoms with Gasteiger partial charge in [0.25, 0.3) is 0 Å². The van der Waals surface area contributed by atoms with Gasteiger partial charge in [0.15, 0.2) is 56.6 Å². The van der Waals surface area contributed by atoms with E-state index < -0.39 is 359 Å². The molecule has 0 spiro atoms. The van der Waals surface area contributed by atoms with E-state index in [4.69, 9.17) is 80.5 Å². The van der Waals surface area contributed by atoms with E-state index in [1.807, 2.05) is 0 Å². The summed E-state index contributed by atoms with van der Waals surface area (Å²) in [7, 11) is 0. The standard InChI is InChI=1S/C62H104N4O46/c1-14(75)63-27-38(86)47(24(11-73)97-54(27)95)106-55-28(64-15(2)76)39(87)48(25(12-74)104-55)107-60-46(94)51(110-62-53(43(91)34(82)21(8-70)103-62)112-57-30(66-17(4)78)50(36(84)23(10-72)99-57)109-59-45(93)41(89)32(80)19(6-68)101-59)37(85)26(105-60)13-96-61-52(42(90)33(81)20(7-69)102-61)111-56-29(65-16(3)77)49(35(83)22(9-71)98-56)108-58-44(92)40(88)31(79)18(5-67)100-58/h18-62,67-74,79-95H,5-13H2,1-4H3,(H,63,75)(H,64,76)(H,65,77)(H,66,78)/t18-,19-,20-,21-,22-,23-,24-,25-,26-,27-,28-,29-,30-,31+,32+,33-,34-,35-,36-,37-,38-,39-,40+,41+,42+,43+,44-,45-,46+,47-,48-,49-,50-,51+,52+,53+,54-,55+,56+,57+,58+,59+,60+,61+,62-/m1/s1. The highest BCUT2D eigenvalue weighted by Crippen LogP contribution is 2.40. The number of aliphatic hydroxyl groups is 25. The summed E-state index contributed by atoms with van der Waals surface area (Å²) in [6.07, 6.45) is -86.1. The van der Waals surface area contributed by atoms with Crippen LogP contribution in [0.15, 0.2) is 0 Å². The zero-order valence-corrected chi connectivity index (χ0v) is 60.1. The predicted molar refractivity (Wildman–Crippen MR) is 343 cm³/mol. The Morgan fingerprint density at radius 1 is 0.232 bits per heavy atom. The highest BCUT2D eigenvalue weighted by molar-refractivity contribution is 5.74. The molecule has 9 saturated heterocycles. The number of amides is 4. The topological polar surface area (TPSA) is 779 Å². The maximum absolute atomic E-state index is 13.1. The lowest BCUT2D eigenvalue weighted by atomic mass is 9.93. The molecule has 9 aliphatic rings. The summed E-state index contributed by atoms with van der Waals surface area (Å²) < 4.78 is 101. The van der Waals surface area contributed by atoms with E-state index in [0.717, 1.165) is 27.7 Å². The first-order valence-corrected chi connectivity index (χ1v) is 35.6. The number of rotatable bonds is 29. The first-order valence-electron chi connectivity index (χ1n) is 35.6. The second-order valence-corrected chi connectivity index (χ2v) is 28.2. The van der Waals surface area contributed by atoms with Crippen molar-refractivity contribution in [2.45, 2.75) is 304 Å². The molecule has 0 aromatic rings. The molecule has 50 nitrogen and oxygen atoms in total. The number of carbonyl (C=O) groups excluding carboxylic acids is 4. The minimum atomic E-state index is -2.59. The molecule has 0 aromatic heterocycles. The van der Waals surface area contributed by atoms with Gasteiger partial charge in [-0.05, 0) is 0 Å². The summed E-state index contributed by atoms with van der Waals surface area (Å²) in [6.45, 7) is -6.12. The molecule has 9 heterocycles. The summed E-state index contributed by atoms with van der Waals surface area (Å²) >= 11 is 0. The van der Waals surface area contributed by atoms with Crippen molar-refractivity contribution in [3.05, 3.63) is 0 Å². The minimum Gasteiger partial charge on any atom is -0.394 e. The molecule has 4 amide bonds. The molecule has 0 radical (unpaired) electrons. The zero-order chi connectivity index (χ0) is 82.5. The van der Waals surface area contributed by atoms with Crippen LogP contribution in [-0.4, -0.2) is 487 Å². The molecule has 9 rings (SSSR count). The molecular formula is C62H104N4O46. The summed E-state index contributed by atoms with van der Waals surface area (Å²) in [5.74, 6) is -3.65. The Morgan fingerprint density at radius 2 is 0.500 bits per heavy atom. The van der Waals surface area contributed by atoms with Crippen molar-refractivity contribution in [3.63, 3.8) is 0 Å². The Kier molecular flexibility index (Phi) is 33.1. The van der Waals surface area contributed by atoms with Gasteiger partial charge in [-0.1, -0.05) is 0 Å². The largest absolute Gasteiger partial charge is 0.394 e. The predicted octanol–water partition coefficient (Wildman–Crippen LogP) is -20.1. The van der Waals surface area contributed by atoms with E-state index in [1.165, 1.54) is 0 Å². The second-order valence-electron chi connectivity index (χ2n) is 28.2. The van der Waals surface area contributed by atoms with Crippen molar-refractivity contribution < 1.29 is 227 Å². The first-order chi connectivity index (χ1) is 53.0. The van der Waals surface area contributed by atoms with E-state index >= 15 is 0 Å². The normalized spacial score (nSPS) is 48.9. The molecule has 9 aliphatic heterocycles. The number of nitrogens with one attached hydrogen (secondary N) is 4. The van der Waals surface area contributed by atoms with Crippen LogP contribution in [0.5, 0.6) is 0 Å². The van der Waals surface area contributed by atoms with Gasteiger partial charge in [-0.3, -0.25) is 19.2 Å². The van der Waals surface area contributed by atoms with Gasteiger partial charge in [0.2, 0.25) is 23.6 Å². The van der Waals surface area contributed by atoms with Crippen molar-refractivity contribution in [1.29, 1.82) is 0 Å². The summed E-state index contributed by atoms with van der Waals surface area (Å²) in [6, 6.07) is -7.43. The monoisotopic (exact) mass is 1640 g/mol. The van der Waals surface area contributed by atoms with Crippen molar-refractivity contribution in [2.75, 3.05) is 59.5 Å². The number of aliphatic hydroxyl groups excluding tert-OH is 25. The van der Waals surface area contributed by atoms with Crippen LogP contribution in [0.3, 0.4) is 0 Å². The number of ether oxygens (including phenoxy) is 17. The summed E-state index contributed by atoms with van der Waals surface area (Å²) in [5, 5.41) is 287. The lowest BCUT2D eigenvalue weighted by molar-refractivity contribution is -0.399. The number of hydrogen-bond acceptors (Lipinski definition) is 46. The van der Waals surface area contributed by atoms with Crippen LogP contribution in [0.2, 0.25) is 0 Å². The molecule has 0 aliphatic carbocycles. The molecule has 0 aromatic carbocycles. The van der Waals surface area contributed by atoms with Crippen LogP contribution in [0.25, 0.3) is 0 Å². The maximum atomic E-state index is 13.1. The molecule has 0 unspecified atom stereocenters. The van der Waals surface area contributed by atoms with E-state index in [-0.39, 0.29) is 0 Å². The molecular weight excluding hydrogens is 1540 g/mol. The van der Waals surface area contributed by atoms with Gasteiger partial charge in [-0.25, -0.2) is 0 Å². The number of hydrogen-bond donors (Lipinski definition) is 29. The van der Waals surface area contributed by atoms with Gasteiger partial charge in [0.1, 0.15) is 219 Å². The highest BCUT2D eigenvalue weighted by Gasteiger charge is 2.61. The van der Waals surface area contributed by atoms with Crippen LogP contribution in [0.1, 0.15) is 27.7 Å². The van der Waals surface area contributed by atoms with Gasteiger partial charge in [0, 0.05) is 27.7 Å². The van der Waals surface area contributed by atoms with E-state index in [2.05, 4.69) is 21.3 Å². The van der Waals surface area contributed by atoms with Crippen LogP contribution in [-0.2, 0) is 99.7 Å². The molecule has 0 saturated carbocycles. The highest BCUT2D eigenvalue weighted by atomic mass is 16.8. The first kappa shape index (κ1) is 92.1. The third kappa shape index (κ3) is 20.2. The Hall–Kier alpha value is -3.80. The minimum absolute atomic E-state index is 0.790. The average Bonchev–Trinajstić information content (AvgIpc) is 0.771. The Bertz CT molecular complexity index is 2970. The van der Waals surface area contributed by atoms with Crippen molar-refractivity contribution in [2.24, 2.45) is 0 Å². The van der Waals surface area contributed by atoms with Gasteiger partial charge >= 0.3 is 0 Å².